The van der Waals surface area contributed by atoms with E-state index >= 15 is 0 Å². The number of aliphatic hydroxyl groups excluding tert-OH is 1. The monoisotopic (exact) mass is 208 g/mol. The van der Waals surface area contributed by atoms with Crippen LogP contribution in [0.3, 0.4) is 0 Å². The van der Waals surface area contributed by atoms with E-state index in [1.165, 1.54) is 0 Å². The molecule has 1 atom stereocenters. The van der Waals surface area contributed by atoms with Gasteiger partial charge >= 0.3 is 0 Å². The number of amides is 1. The Morgan fingerprint density at radius 2 is 2.14 bits per heavy atom. The second-order valence-corrected chi connectivity index (χ2v) is 3.62. The molecule has 0 aromatic rings. The third-order valence-electron chi connectivity index (χ3n) is 2.46. The molecule has 1 rings (SSSR count). The fraction of sp³-hybridized carbons (Fsp3) is 0.875. The summed E-state index contributed by atoms with van der Waals surface area (Å²) in [6, 6.07) is 0. The summed E-state index contributed by atoms with van der Waals surface area (Å²) in [5.74, 6) is -0.455. The van der Waals surface area contributed by atoms with Crippen LogP contribution in [0.15, 0.2) is 0 Å². The van der Waals surface area contributed by atoms with Gasteiger partial charge in [0.1, 0.15) is 6.10 Å². The molecule has 6 heteroatoms. The first-order valence-electron chi connectivity index (χ1n) is 4.49. The van der Waals surface area contributed by atoms with E-state index in [0.29, 0.717) is 12.8 Å². The van der Waals surface area contributed by atoms with Gasteiger partial charge in [0.25, 0.3) is 6.43 Å². The number of nitrogens with one attached hydrogen (secondary N) is 1. The number of hydrogen-bond donors (Lipinski definition) is 3. The number of halogens is 2. The minimum Gasteiger partial charge on any atom is -0.385 e. The van der Waals surface area contributed by atoms with Crippen molar-refractivity contribution in [1.29, 1.82) is 0 Å². The second-order valence-electron chi connectivity index (χ2n) is 3.62. The third-order valence-corrected chi connectivity index (χ3v) is 2.46. The Hall–Kier alpha value is -0.750. The Labute approximate surface area is 80.5 Å². The molecular formula is C8H14F2N2O2. The molecule has 0 radical (unpaired) electrons. The lowest BCUT2D eigenvalue weighted by molar-refractivity contribution is -0.130. The number of rotatable bonds is 4. The highest BCUT2D eigenvalue weighted by Crippen LogP contribution is 2.28. The fourth-order valence-electron chi connectivity index (χ4n) is 1.25. The highest BCUT2D eigenvalue weighted by molar-refractivity contribution is 5.86. The van der Waals surface area contributed by atoms with E-state index in [4.69, 9.17) is 10.8 Å². The quantitative estimate of drug-likeness (QED) is 0.589. The highest BCUT2D eigenvalue weighted by Gasteiger charge is 2.40. The van der Waals surface area contributed by atoms with Gasteiger partial charge in [-0.3, -0.25) is 4.79 Å². The summed E-state index contributed by atoms with van der Waals surface area (Å²) in [4.78, 5) is 11.3. The molecule has 0 bridgehead atoms. The lowest BCUT2D eigenvalue weighted by Gasteiger charge is -2.36. The van der Waals surface area contributed by atoms with Crippen molar-refractivity contribution in [2.75, 3.05) is 6.54 Å². The molecule has 0 heterocycles. The van der Waals surface area contributed by atoms with Crippen LogP contribution in [0, 0.1) is 0 Å². The minimum absolute atomic E-state index is 0.449. The summed E-state index contributed by atoms with van der Waals surface area (Å²) < 4.78 is 23.7. The maximum absolute atomic E-state index is 11.8. The molecule has 1 aliphatic carbocycles. The average molecular weight is 208 g/mol. The van der Waals surface area contributed by atoms with Crippen LogP contribution < -0.4 is 11.1 Å². The zero-order chi connectivity index (χ0) is 10.8. The summed E-state index contributed by atoms with van der Waals surface area (Å²) in [5, 5.41) is 10.9. The van der Waals surface area contributed by atoms with E-state index in [0.717, 1.165) is 6.42 Å². The molecule has 4 nitrogen and oxygen atoms in total. The molecule has 1 saturated carbocycles. The Balaban J connectivity index is 2.28. The van der Waals surface area contributed by atoms with Crippen LogP contribution in [0.1, 0.15) is 19.3 Å². The zero-order valence-corrected chi connectivity index (χ0v) is 7.67. The SMILES string of the molecule is NC1(C(=O)NCC(O)C(F)F)CCC1. The van der Waals surface area contributed by atoms with E-state index in [1.54, 1.807) is 0 Å². The predicted molar refractivity (Wildman–Crippen MR) is 45.8 cm³/mol. The van der Waals surface area contributed by atoms with Gasteiger partial charge < -0.3 is 16.2 Å². The van der Waals surface area contributed by atoms with Gasteiger partial charge in [-0.25, -0.2) is 8.78 Å². The number of alkyl halides is 2. The van der Waals surface area contributed by atoms with Gasteiger partial charge in [-0.15, -0.1) is 0 Å². The van der Waals surface area contributed by atoms with Crippen molar-refractivity contribution in [2.45, 2.75) is 37.3 Å². The largest absolute Gasteiger partial charge is 0.385 e. The lowest BCUT2D eigenvalue weighted by atomic mass is 9.77. The van der Waals surface area contributed by atoms with E-state index in [1.807, 2.05) is 0 Å². The van der Waals surface area contributed by atoms with Crippen LogP contribution in [0.5, 0.6) is 0 Å². The standard InChI is InChI=1S/C8H14F2N2O2/c9-6(10)5(13)4-12-7(14)8(11)2-1-3-8/h5-6,13H,1-4,11H2,(H,12,14). The van der Waals surface area contributed by atoms with Crippen molar-refractivity contribution in [3.05, 3.63) is 0 Å². The highest BCUT2D eigenvalue weighted by atomic mass is 19.3. The molecule has 0 aliphatic heterocycles. The zero-order valence-electron chi connectivity index (χ0n) is 7.67. The Morgan fingerprint density at radius 1 is 1.57 bits per heavy atom. The summed E-state index contributed by atoms with van der Waals surface area (Å²) in [7, 11) is 0. The van der Waals surface area contributed by atoms with Crippen LogP contribution in [0.2, 0.25) is 0 Å². The van der Waals surface area contributed by atoms with Gasteiger partial charge in [-0.1, -0.05) is 0 Å². The molecule has 4 N–H and O–H groups in total. The van der Waals surface area contributed by atoms with Crippen molar-refractivity contribution in [1.82, 2.24) is 5.32 Å². The first kappa shape index (κ1) is 11.3. The number of nitrogens with two attached hydrogens (primary N) is 1. The maximum Gasteiger partial charge on any atom is 0.265 e. The van der Waals surface area contributed by atoms with E-state index < -0.39 is 30.5 Å². The Kier molecular flexibility index (Phi) is 3.38. The van der Waals surface area contributed by atoms with Gasteiger partial charge in [0.05, 0.1) is 5.54 Å². The van der Waals surface area contributed by atoms with Crippen molar-refractivity contribution in [3.8, 4) is 0 Å². The minimum atomic E-state index is -2.84. The van der Waals surface area contributed by atoms with Gasteiger partial charge in [0, 0.05) is 6.54 Å². The lowest BCUT2D eigenvalue weighted by Crippen LogP contribution is -2.59. The topological polar surface area (TPSA) is 75.4 Å². The van der Waals surface area contributed by atoms with Crippen molar-refractivity contribution in [2.24, 2.45) is 5.73 Å². The molecule has 1 amide bonds. The van der Waals surface area contributed by atoms with E-state index in [-0.39, 0.29) is 0 Å². The van der Waals surface area contributed by atoms with E-state index in [2.05, 4.69) is 5.32 Å². The number of aliphatic hydroxyl groups is 1. The Bertz CT molecular complexity index is 219. The summed E-state index contributed by atoms with van der Waals surface area (Å²) in [6.07, 6.45) is -2.64. The number of carbonyl (C=O) groups is 1. The first-order valence-corrected chi connectivity index (χ1v) is 4.49. The molecule has 0 aromatic heterocycles. The van der Waals surface area contributed by atoms with Crippen LogP contribution in [-0.2, 0) is 4.79 Å². The maximum atomic E-state index is 11.8. The molecule has 0 spiro atoms. The van der Waals surface area contributed by atoms with Crippen molar-refractivity contribution < 1.29 is 18.7 Å². The first-order chi connectivity index (χ1) is 6.46. The molecule has 1 fully saturated rings. The predicted octanol–water partition coefficient (Wildman–Crippen LogP) is -0.390. The molecule has 1 aliphatic rings. The summed E-state index contributed by atoms with van der Waals surface area (Å²) in [6.45, 7) is -0.449. The molecule has 1 unspecified atom stereocenters. The number of hydrogen-bond acceptors (Lipinski definition) is 3. The molecule has 0 saturated heterocycles. The molecule has 0 aromatic carbocycles. The third kappa shape index (κ3) is 2.39. The Morgan fingerprint density at radius 3 is 2.50 bits per heavy atom. The van der Waals surface area contributed by atoms with Crippen molar-refractivity contribution >= 4 is 5.91 Å². The van der Waals surface area contributed by atoms with Crippen molar-refractivity contribution in [3.63, 3.8) is 0 Å². The smallest absolute Gasteiger partial charge is 0.265 e. The summed E-state index contributed by atoms with van der Waals surface area (Å²) in [5.41, 5.74) is 4.73. The van der Waals surface area contributed by atoms with Crippen LogP contribution in [-0.4, -0.2) is 35.6 Å². The molecular weight excluding hydrogens is 194 g/mol. The molecule has 82 valence electrons. The van der Waals surface area contributed by atoms with Crippen LogP contribution in [0.25, 0.3) is 0 Å². The molecule has 14 heavy (non-hydrogen) atoms. The van der Waals surface area contributed by atoms with Gasteiger partial charge in [-0.05, 0) is 19.3 Å². The van der Waals surface area contributed by atoms with E-state index in [9.17, 15) is 13.6 Å². The second kappa shape index (κ2) is 4.18. The normalized spacial score (nSPS) is 21.5. The van der Waals surface area contributed by atoms with Gasteiger partial charge in [-0.2, -0.15) is 0 Å². The number of carbonyl (C=O) groups excluding carboxylic acids is 1. The van der Waals surface area contributed by atoms with Gasteiger partial charge in [0.2, 0.25) is 5.91 Å². The average Bonchev–Trinajstić information content (AvgIpc) is 2.09. The van der Waals surface area contributed by atoms with Gasteiger partial charge in [0.15, 0.2) is 0 Å². The van der Waals surface area contributed by atoms with Crippen LogP contribution in [0.4, 0.5) is 8.78 Å². The van der Waals surface area contributed by atoms with Crippen LogP contribution >= 0.6 is 0 Å². The summed E-state index contributed by atoms with van der Waals surface area (Å²) >= 11 is 0. The fourth-order valence-corrected chi connectivity index (χ4v) is 1.25.